The molecule has 2 N–H and O–H groups in total. The van der Waals surface area contributed by atoms with Gasteiger partial charge < -0.3 is 20.1 Å². The lowest BCUT2D eigenvalue weighted by molar-refractivity contribution is -0.449. The van der Waals surface area contributed by atoms with Gasteiger partial charge in [0.15, 0.2) is 36.2 Å². The molecule has 184 valence electrons. The molecule has 10 nitrogen and oxygen atoms in total. The van der Waals surface area contributed by atoms with Crippen molar-refractivity contribution in [1.82, 2.24) is 29.9 Å². The van der Waals surface area contributed by atoms with Crippen molar-refractivity contribution < 1.29 is 22.8 Å². The largest absolute Gasteiger partial charge is 0.475 e. The maximum Gasteiger partial charge on any atom is 0.248 e. The molecule has 2 aliphatic heterocycles. The lowest BCUT2D eigenvalue weighted by Crippen LogP contribution is -2.44. The molecule has 0 saturated heterocycles. The Bertz CT molecular complexity index is 1740. The van der Waals surface area contributed by atoms with E-state index in [1.165, 1.54) is 17.2 Å². The molecule has 12 heteroatoms. The van der Waals surface area contributed by atoms with Crippen LogP contribution < -0.4 is 20.1 Å². The van der Waals surface area contributed by atoms with Gasteiger partial charge in [0.05, 0.1) is 29.7 Å². The second kappa shape index (κ2) is 8.45. The lowest BCUT2D eigenvalue weighted by atomic mass is 10.1. The summed E-state index contributed by atoms with van der Waals surface area (Å²) < 4.78 is 45.6. The van der Waals surface area contributed by atoms with Crippen LogP contribution in [0.15, 0.2) is 55.2 Å². The van der Waals surface area contributed by atoms with Gasteiger partial charge in [-0.05, 0) is 12.1 Å². The minimum Gasteiger partial charge on any atom is -0.475 e. The first-order valence-corrected chi connectivity index (χ1v) is 11.6. The van der Waals surface area contributed by atoms with Crippen molar-refractivity contribution in [3.8, 4) is 17.2 Å². The van der Waals surface area contributed by atoms with E-state index < -0.39 is 11.6 Å². The van der Waals surface area contributed by atoms with E-state index in [1.807, 2.05) is 12.1 Å². The molecule has 37 heavy (non-hydrogen) atoms. The Hall–Kier alpha value is -4.71. The summed E-state index contributed by atoms with van der Waals surface area (Å²) in [6, 6.07) is 9.02. The maximum absolute atomic E-state index is 15.2. The van der Waals surface area contributed by atoms with Crippen LogP contribution in [0.5, 0.6) is 17.2 Å². The number of pyridine rings is 1. The minimum absolute atomic E-state index is 0.0967. The second-order valence-corrected chi connectivity index (χ2v) is 8.63. The number of benzene rings is 2. The van der Waals surface area contributed by atoms with Gasteiger partial charge in [-0.1, -0.05) is 0 Å². The number of rotatable bonds is 4. The minimum atomic E-state index is -0.748. The third kappa shape index (κ3) is 3.69. The Morgan fingerprint density at radius 1 is 1.05 bits per heavy atom. The van der Waals surface area contributed by atoms with Crippen LogP contribution in [0.1, 0.15) is 0 Å². The Kier molecular flexibility index (Phi) is 4.92. The normalized spacial score (nSPS) is 14.9. The van der Waals surface area contributed by atoms with Crippen molar-refractivity contribution in [2.75, 3.05) is 31.6 Å². The average molecular weight is 501 g/mol. The SMILES string of the molecule is Fc1cc(Oc2ccn3ncnc3c2)c(F)cc1Nc1ncnc2ccc3c(c12)OCC1=[N+]3CCNC1. The second-order valence-electron chi connectivity index (χ2n) is 8.63. The van der Waals surface area contributed by atoms with Crippen molar-refractivity contribution in [3.63, 3.8) is 0 Å². The van der Waals surface area contributed by atoms with E-state index in [4.69, 9.17) is 9.47 Å². The fourth-order valence-electron chi connectivity index (χ4n) is 4.63. The Morgan fingerprint density at radius 3 is 2.95 bits per heavy atom. The first kappa shape index (κ1) is 21.6. The van der Waals surface area contributed by atoms with Crippen molar-refractivity contribution in [1.29, 1.82) is 0 Å². The zero-order valence-electron chi connectivity index (χ0n) is 19.3. The highest BCUT2D eigenvalue weighted by atomic mass is 19.1. The predicted octanol–water partition coefficient (Wildman–Crippen LogP) is 3.57. The summed E-state index contributed by atoms with van der Waals surface area (Å²) in [5, 5.41) is 10.9. The molecule has 3 aromatic heterocycles. The summed E-state index contributed by atoms with van der Waals surface area (Å²) in [5.41, 5.74) is 3.08. The van der Waals surface area contributed by atoms with Crippen LogP contribution in [-0.2, 0) is 0 Å². The van der Waals surface area contributed by atoms with E-state index in [9.17, 15) is 0 Å². The monoisotopic (exact) mass is 501 g/mol. The van der Waals surface area contributed by atoms with Gasteiger partial charge in [0.1, 0.15) is 24.2 Å². The lowest BCUT2D eigenvalue weighted by Gasteiger charge is -2.23. The summed E-state index contributed by atoms with van der Waals surface area (Å²) >= 11 is 0. The first-order valence-electron chi connectivity index (χ1n) is 11.6. The number of hydrogen-bond acceptors (Lipinski definition) is 8. The summed E-state index contributed by atoms with van der Waals surface area (Å²) in [6.45, 7) is 2.82. The molecule has 0 spiro atoms. The molecule has 0 saturated carbocycles. The number of halogens is 2. The first-order chi connectivity index (χ1) is 18.1. The summed E-state index contributed by atoms with van der Waals surface area (Å²) in [5.74, 6) is -0.506. The van der Waals surface area contributed by atoms with Gasteiger partial charge in [0.25, 0.3) is 0 Å². The van der Waals surface area contributed by atoms with Crippen LogP contribution in [0.3, 0.4) is 0 Å². The number of nitrogens with one attached hydrogen (secondary N) is 2. The van der Waals surface area contributed by atoms with Crippen molar-refractivity contribution >= 4 is 39.5 Å². The number of nitrogens with zero attached hydrogens (tertiary/aromatic N) is 6. The number of ether oxygens (including phenoxy) is 2. The zero-order valence-corrected chi connectivity index (χ0v) is 19.3. The highest BCUT2D eigenvalue weighted by molar-refractivity contribution is 6.00. The molecule has 0 unspecified atom stereocenters. The molecule has 2 aromatic carbocycles. The fraction of sp³-hybridized carbons (Fsp3) is 0.160. The fourth-order valence-corrected chi connectivity index (χ4v) is 4.63. The van der Waals surface area contributed by atoms with Gasteiger partial charge in [0, 0.05) is 30.5 Å². The van der Waals surface area contributed by atoms with E-state index in [1.54, 1.807) is 18.3 Å². The number of hydrogen-bond donors (Lipinski definition) is 2. The molecular weight excluding hydrogens is 482 g/mol. The summed E-state index contributed by atoms with van der Waals surface area (Å²) in [4.78, 5) is 12.7. The van der Waals surface area contributed by atoms with Crippen LogP contribution in [-0.4, -0.2) is 61.1 Å². The highest BCUT2D eigenvalue weighted by Crippen LogP contribution is 2.41. The molecular formula is C25H19F2N8O2+. The molecule has 5 heterocycles. The maximum atomic E-state index is 15.2. The molecule has 5 aromatic rings. The average Bonchev–Trinajstić information content (AvgIpc) is 3.39. The quantitative estimate of drug-likeness (QED) is 0.361. The van der Waals surface area contributed by atoms with Crippen LogP contribution in [0, 0.1) is 11.6 Å². The molecule has 0 amide bonds. The molecule has 0 fully saturated rings. The Labute approximate surface area is 208 Å². The van der Waals surface area contributed by atoms with E-state index in [2.05, 4.69) is 35.3 Å². The Balaban J connectivity index is 1.24. The number of fused-ring (bicyclic) bond motifs is 5. The van der Waals surface area contributed by atoms with Crippen molar-refractivity contribution in [2.24, 2.45) is 0 Å². The predicted molar refractivity (Wildman–Crippen MR) is 130 cm³/mol. The molecule has 7 rings (SSSR count). The van der Waals surface area contributed by atoms with Crippen LogP contribution in [0.25, 0.3) is 16.6 Å². The number of aromatic nitrogens is 5. The zero-order chi connectivity index (χ0) is 24.9. The molecule has 0 bridgehead atoms. The Morgan fingerprint density at radius 2 is 2.00 bits per heavy atom. The van der Waals surface area contributed by atoms with Gasteiger partial charge >= 0.3 is 0 Å². The van der Waals surface area contributed by atoms with E-state index in [-0.39, 0.29) is 11.4 Å². The van der Waals surface area contributed by atoms with Gasteiger partial charge in [-0.15, -0.1) is 0 Å². The van der Waals surface area contributed by atoms with Crippen LogP contribution in [0.4, 0.5) is 26.0 Å². The van der Waals surface area contributed by atoms with E-state index in [0.717, 1.165) is 43.2 Å². The molecule has 0 radical (unpaired) electrons. The van der Waals surface area contributed by atoms with Gasteiger partial charge in [-0.25, -0.2) is 28.2 Å². The topological polar surface area (TPSA) is 102 Å². The molecule has 0 atom stereocenters. The third-order valence-electron chi connectivity index (χ3n) is 6.39. The van der Waals surface area contributed by atoms with Gasteiger partial charge in [-0.2, -0.15) is 9.67 Å². The van der Waals surface area contributed by atoms with Gasteiger partial charge in [0.2, 0.25) is 17.1 Å². The van der Waals surface area contributed by atoms with Gasteiger partial charge in [-0.3, -0.25) is 0 Å². The third-order valence-corrected chi connectivity index (χ3v) is 6.39. The smallest absolute Gasteiger partial charge is 0.248 e. The van der Waals surface area contributed by atoms with Crippen molar-refractivity contribution in [3.05, 3.63) is 66.9 Å². The molecule has 0 aliphatic carbocycles. The van der Waals surface area contributed by atoms with Crippen molar-refractivity contribution in [2.45, 2.75) is 0 Å². The summed E-state index contributed by atoms with van der Waals surface area (Å²) in [7, 11) is 0. The van der Waals surface area contributed by atoms with E-state index >= 15 is 8.78 Å². The van der Waals surface area contributed by atoms with Crippen LogP contribution >= 0.6 is 0 Å². The standard InChI is InChI=1S/C25H19F2N8O2/c26-16-9-21(37-15-3-5-35-22(7-15)30-13-32-35)17(27)8-19(16)33-25-23-18(29-12-31-25)1-2-20-24(23)36-11-14-10-28-4-6-34(14)20/h1-3,5,7-9,12-13,28H,4,6,10-11H2,(H,29,31,33)/q+1. The number of anilines is 2. The summed E-state index contributed by atoms with van der Waals surface area (Å²) in [6.07, 6.45) is 4.38. The highest BCUT2D eigenvalue weighted by Gasteiger charge is 2.32. The van der Waals surface area contributed by atoms with Crippen LogP contribution in [0.2, 0.25) is 0 Å². The molecule has 2 aliphatic rings. The van der Waals surface area contributed by atoms with E-state index in [0.29, 0.717) is 40.5 Å².